The number of hydrogen-bond donors (Lipinski definition) is 2. The molecule has 0 aliphatic carbocycles. The molecule has 0 fully saturated rings. The lowest BCUT2D eigenvalue weighted by molar-refractivity contribution is 1.15. The molecule has 0 saturated heterocycles. The van der Waals surface area contributed by atoms with Gasteiger partial charge in [0.2, 0.25) is 5.95 Å². The SMILES string of the molecule is Cc1cccc(Nc2nc(N)cc(Br)n2)c1Br. The first kappa shape index (κ1) is 12.3. The molecule has 0 saturated carbocycles. The minimum Gasteiger partial charge on any atom is -0.383 e. The van der Waals surface area contributed by atoms with Gasteiger partial charge in [0.05, 0.1) is 5.69 Å². The van der Waals surface area contributed by atoms with Crippen molar-refractivity contribution in [2.24, 2.45) is 0 Å². The highest BCUT2D eigenvalue weighted by Gasteiger charge is 2.05. The van der Waals surface area contributed by atoms with Crippen LogP contribution in [0.2, 0.25) is 0 Å². The number of nitrogen functional groups attached to an aromatic ring is 1. The maximum atomic E-state index is 5.65. The van der Waals surface area contributed by atoms with Crippen LogP contribution >= 0.6 is 31.9 Å². The summed E-state index contributed by atoms with van der Waals surface area (Å²) in [4.78, 5) is 8.30. The normalized spacial score (nSPS) is 10.3. The van der Waals surface area contributed by atoms with Gasteiger partial charge in [0, 0.05) is 10.5 Å². The number of anilines is 3. The third kappa shape index (κ3) is 2.95. The quantitative estimate of drug-likeness (QED) is 0.805. The van der Waals surface area contributed by atoms with Gasteiger partial charge in [0.25, 0.3) is 0 Å². The fourth-order valence-corrected chi connectivity index (χ4v) is 2.12. The van der Waals surface area contributed by atoms with Crippen molar-refractivity contribution in [3.63, 3.8) is 0 Å². The Balaban J connectivity index is 2.34. The molecule has 3 N–H and O–H groups in total. The lowest BCUT2D eigenvalue weighted by Gasteiger charge is -2.09. The summed E-state index contributed by atoms with van der Waals surface area (Å²) in [5.74, 6) is 0.876. The van der Waals surface area contributed by atoms with Crippen LogP contribution in [0.4, 0.5) is 17.5 Å². The number of benzene rings is 1. The molecule has 0 radical (unpaired) electrons. The van der Waals surface area contributed by atoms with Crippen LogP contribution in [-0.2, 0) is 0 Å². The molecule has 17 heavy (non-hydrogen) atoms. The Labute approximate surface area is 116 Å². The van der Waals surface area contributed by atoms with Gasteiger partial charge in [-0.05, 0) is 50.4 Å². The molecule has 0 aliphatic heterocycles. The highest BCUT2D eigenvalue weighted by molar-refractivity contribution is 9.10. The van der Waals surface area contributed by atoms with Crippen LogP contribution in [0.25, 0.3) is 0 Å². The molecule has 1 heterocycles. The first-order valence-corrected chi connectivity index (χ1v) is 6.47. The molecule has 0 bridgehead atoms. The zero-order valence-corrected chi connectivity index (χ0v) is 12.2. The zero-order valence-electron chi connectivity index (χ0n) is 9.04. The van der Waals surface area contributed by atoms with Crippen LogP contribution in [0.1, 0.15) is 5.56 Å². The molecule has 88 valence electrons. The lowest BCUT2D eigenvalue weighted by Crippen LogP contribution is -2.01. The third-order valence-electron chi connectivity index (χ3n) is 2.15. The van der Waals surface area contributed by atoms with Crippen molar-refractivity contribution in [1.29, 1.82) is 0 Å². The van der Waals surface area contributed by atoms with Gasteiger partial charge < -0.3 is 11.1 Å². The summed E-state index contributed by atoms with van der Waals surface area (Å²) in [6.07, 6.45) is 0. The van der Waals surface area contributed by atoms with Gasteiger partial charge in [-0.2, -0.15) is 4.98 Å². The van der Waals surface area contributed by atoms with Crippen molar-refractivity contribution < 1.29 is 0 Å². The van der Waals surface area contributed by atoms with Crippen molar-refractivity contribution in [2.45, 2.75) is 6.92 Å². The molecule has 0 amide bonds. The van der Waals surface area contributed by atoms with E-state index in [2.05, 4.69) is 47.1 Å². The maximum Gasteiger partial charge on any atom is 0.230 e. The molecule has 2 rings (SSSR count). The van der Waals surface area contributed by atoms with Gasteiger partial charge in [-0.25, -0.2) is 4.98 Å². The minimum absolute atomic E-state index is 0.415. The lowest BCUT2D eigenvalue weighted by atomic mass is 10.2. The predicted molar refractivity (Wildman–Crippen MR) is 76.3 cm³/mol. The molecule has 6 heteroatoms. The Morgan fingerprint density at radius 1 is 1.24 bits per heavy atom. The number of hydrogen-bond acceptors (Lipinski definition) is 4. The van der Waals surface area contributed by atoms with Crippen LogP contribution in [0.5, 0.6) is 0 Å². The molecular weight excluding hydrogens is 348 g/mol. The summed E-state index contributed by atoms with van der Waals surface area (Å²) in [7, 11) is 0. The van der Waals surface area contributed by atoms with Crippen molar-refractivity contribution in [1.82, 2.24) is 9.97 Å². The van der Waals surface area contributed by atoms with E-state index < -0.39 is 0 Å². The Morgan fingerprint density at radius 3 is 2.71 bits per heavy atom. The molecule has 0 spiro atoms. The van der Waals surface area contributed by atoms with E-state index in [0.29, 0.717) is 16.4 Å². The first-order valence-electron chi connectivity index (χ1n) is 4.88. The van der Waals surface area contributed by atoms with Crippen molar-refractivity contribution in [2.75, 3.05) is 11.1 Å². The fourth-order valence-electron chi connectivity index (χ4n) is 1.36. The number of aryl methyl sites for hydroxylation is 1. The van der Waals surface area contributed by atoms with E-state index in [1.54, 1.807) is 6.07 Å². The van der Waals surface area contributed by atoms with E-state index in [4.69, 9.17) is 5.73 Å². The second-order valence-corrected chi connectivity index (χ2v) is 5.11. The number of aromatic nitrogens is 2. The summed E-state index contributed by atoms with van der Waals surface area (Å²) in [6, 6.07) is 7.57. The Kier molecular flexibility index (Phi) is 3.63. The summed E-state index contributed by atoms with van der Waals surface area (Å²) >= 11 is 6.79. The van der Waals surface area contributed by atoms with Gasteiger partial charge in [0.1, 0.15) is 10.4 Å². The Morgan fingerprint density at radius 2 is 2.00 bits per heavy atom. The number of nitrogens with two attached hydrogens (primary N) is 1. The largest absolute Gasteiger partial charge is 0.383 e. The summed E-state index contributed by atoms with van der Waals surface area (Å²) in [5.41, 5.74) is 7.69. The summed E-state index contributed by atoms with van der Waals surface area (Å²) in [5, 5.41) is 3.12. The van der Waals surface area contributed by atoms with Gasteiger partial charge in [-0.15, -0.1) is 0 Å². The zero-order chi connectivity index (χ0) is 12.4. The smallest absolute Gasteiger partial charge is 0.230 e. The Bertz CT molecular complexity index is 537. The van der Waals surface area contributed by atoms with Gasteiger partial charge >= 0.3 is 0 Å². The van der Waals surface area contributed by atoms with Crippen LogP contribution < -0.4 is 11.1 Å². The van der Waals surface area contributed by atoms with Gasteiger partial charge in [-0.1, -0.05) is 12.1 Å². The van der Waals surface area contributed by atoms with Crippen LogP contribution in [0.3, 0.4) is 0 Å². The molecule has 1 aromatic heterocycles. The number of rotatable bonds is 2. The molecule has 0 atom stereocenters. The molecule has 2 aromatic rings. The van der Waals surface area contributed by atoms with Gasteiger partial charge in [-0.3, -0.25) is 0 Å². The summed E-state index contributed by atoms with van der Waals surface area (Å²) < 4.78 is 1.64. The van der Waals surface area contributed by atoms with E-state index in [9.17, 15) is 0 Å². The van der Waals surface area contributed by atoms with Crippen LogP contribution in [-0.4, -0.2) is 9.97 Å². The first-order chi connectivity index (χ1) is 8.06. The van der Waals surface area contributed by atoms with E-state index in [-0.39, 0.29) is 0 Å². The minimum atomic E-state index is 0.415. The van der Waals surface area contributed by atoms with E-state index in [1.807, 2.05) is 25.1 Å². The third-order valence-corrected chi connectivity index (χ3v) is 3.61. The standard InChI is InChI=1S/C11H10Br2N4/c1-6-3-2-4-7(10(6)13)15-11-16-8(12)5-9(14)17-11/h2-5H,1H3,(H3,14,15,16,17). The van der Waals surface area contributed by atoms with E-state index in [1.165, 1.54) is 0 Å². The van der Waals surface area contributed by atoms with Crippen LogP contribution in [0, 0.1) is 6.92 Å². The maximum absolute atomic E-state index is 5.65. The highest BCUT2D eigenvalue weighted by Crippen LogP contribution is 2.28. The monoisotopic (exact) mass is 356 g/mol. The summed E-state index contributed by atoms with van der Waals surface area (Å²) in [6.45, 7) is 2.02. The molecular formula is C11H10Br2N4. The van der Waals surface area contributed by atoms with E-state index >= 15 is 0 Å². The Hall–Kier alpha value is -1.14. The topological polar surface area (TPSA) is 63.8 Å². The molecule has 0 unspecified atom stereocenters. The van der Waals surface area contributed by atoms with Crippen molar-refractivity contribution >= 4 is 49.3 Å². The number of nitrogens with one attached hydrogen (secondary N) is 1. The fraction of sp³-hybridized carbons (Fsp3) is 0.0909. The second-order valence-electron chi connectivity index (χ2n) is 3.50. The number of halogens is 2. The highest BCUT2D eigenvalue weighted by atomic mass is 79.9. The molecule has 1 aromatic carbocycles. The average Bonchev–Trinajstić information content (AvgIpc) is 2.23. The second kappa shape index (κ2) is 5.01. The van der Waals surface area contributed by atoms with Gasteiger partial charge in [0.15, 0.2) is 0 Å². The average molecular weight is 358 g/mol. The molecule has 4 nitrogen and oxygen atoms in total. The van der Waals surface area contributed by atoms with Crippen molar-refractivity contribution in [3.8, 4) is 0 Å². The number of nitrogens with zero attached hydrogens (tertiary/aromatic N) is 2. The molecule has 0 aliphatic rings. The van der Waals surface area contributed by atoms with Crippen LogP contribution in [0.15, 0.2) is 33.3 Å². The predicted octanol–water partition coefficient (Wildman–Crippen LogP) is 3.64. The van der Waals surface area contributed by atoms with E-state index in [0.717, 1.165) is 15.7 Å². The van der Waals surface area contributed by atoms with Crippen molar-refractivity contribution in [3.05, 3.63) is 38.9 Å².